The van der Waals surface area contributed by atoms with Gasteiger partial charge in [-0.25, -0.2) is 0 Å². The van der Waals surface area contributed by atoms with Gasteiger partial charge in [-0.05, 0) is 37.0 Å². The molecule has 2 rings (SSSR count). The molecule has 0 spiro atoms. The first kappa shape index (κ1) is 14.2. The summed E-state index contributed by atoms with van der Waals surface area (Å²) in [6, 6.07) is 4.35. The minimum Gasteiger partial charge on any atom is -0.392 e. The van der Waals surface area contributed by atoms with Gasteiger partial charge in [0.15, 0.2) is 0 Å². The van der Waals surface area contributed by atoms with Gasteiger partial charge in [0, 0.05) is 18.3 Å². The Morgan fingerprint density at radius 3 is 2.47 bits per heavy atom. The van der Waals surface area contributed by atoms with E-state index in [9.17, 15) is 13.2 Å². The highest BCUT2D eigenvalue weighted by molar-refractivity contribution is 5.58. The third-order valence-corrected chi connectivity index (χ3v) is 3.31. The average molecular weight is 273 g/mol. The maximum absolute atomic E-state index is 13.1. The van der Waals surface area contributed by atoms with Gasteiger partial charge in [0.2, 0.25) is 0 Å². The van der Waals surface area contributed by atoms with E-state index >= 15 is 0 Å². The topological polar surface area (TPSA) is 23.5 Å². The Morgan fingerprint density at radius 2 is 2.00 bits per heavy atom. The fraction of sp³-hybridized carbons (Fsp3) is 0.571. The van der Waals surface area contributed by atoms with Crippen molar-refractivity contribution in [1.29, 1.82) is 0 Å². The maximum atomic E-state index is 13.1. The molecule has 0 saturated heterocycles. The van der Waals surface area contributed by atoms with Crippen molar-refractivity contribution in [2.75, 3.05) is 11.4 Å². The molecule has 0 aromatic heterocycles. The fourth-order valence-electron chi connectivity index (χ4n) is 2.29. The van der Waals surface area contributed by atoms with E-state index in [-0.39, 0.29) is 18.3 Å². The number of hydrogen-bond donors (Lipinski definition) is 1. The van der Waals surface area contributed by atoms with Gasteiger partial charge in [-0.1, -0.05) is 13.0 Å². The van der Waals surface area contributed by atoms with Crippen molar-refractivity contribution < 1.29 is 18.3 Å². The highest BCUT2D eigenvalue weighted by Crippen LogP contribution is 2.41. The number of benzene rings is 1. The first-order valence-corrected chi connectivity index (χ1v) is 6.55. The molecule has 106 valence electrons. The summed E-state index contributed by atoms with van der Waals surface area (Å²) in [5.74, 6) is 0. The van der Waals surface area contributed by atoms with E-state index in [0.717, 1.165) is 25.3 Å². The van der Waals surface area contributed by atoms with Crippen molar-refractivity contribution in [2.45, 2.75) is 45.0 Å². The van der Waals surface area contributed by atoms with Gasteiger partial charge in [-0.3, -0.25) is 0 Å². The summed E-state index contributed by atoms with van der Waals surface area (Å²) >= 11 is 0. The second kappa shape index (κ2) is 5.41. The number of aliphatic hydroxyl groups excluding tert-OH is 1. The fourth-order valence-corrected chi connectivity index (χ4v) is 2.29. The van der Waals surface area contributed by atoms with Crippen LogP contribution >= 0.6 is 0 Å². The monoisotopic (exact) mass is 273 g/mol. The Labute approximate surface area is 110 Å². The molecule has 1 aromatic carbocycles. The van der Waals surface area contributed by atoms with Crippen LogP contribution in [0.1, 0.15) is 37.3 Å². The van der Waals surface area contributed by atoms with Gasteiger partial charge in [-0.15, -0.1) is 0 Å². The van der Waals surface area contributed by atoms with Gasteiger partial charge in [-0.2, -0.15) is 13.2 Å². The van der Waals surface area contributed by atoms with Crippen molar-refractivity contribution in [3.8, 4) is 0 Å². The van der Waals surface area contributed by atoms with Crippen molar-refractivity contribution in [3.05, 3.63) is 29.3 Å². The van der Waals surface area contributed by atoms with Crippen LogP contribution in [0.3, 0.4) is 0 Å². The zero-order valence-corrected chi connectivity index (χ0v) is 10.9. The number of aliphatic hydroxyl groups is 1. The summed E-state index contributed by atoms with van der Waals surface area (Å²) in [4.78, 5) is 1.85. The third kappa shape index (κ3) is 3.21. The van der Waals surface area contributed by atoms with E-state index in [1.807, 2.05) is 11.8 Å². The maximum Gasteiger partial charge on any atom is 0.418 e. The molecular formula is C14H18F3NO. The standard InChI is InChI=1S/C14H18F3NO/c1-2-7-18(11-4-5-11)13-6-3-10(9-19)8-12(13)14(15,16)17/h3,6,8,11,19H,2,4-5,7,9H2,1H3. The summed E-state index contributed by atoms with van der Waals surface area (Å²) in [6.45, 7) is 2.22. The predicted octanol–water partition coefficient (Wildman–Crippen LogP) is 3.58. The van der Waals surface area contributed by atoms with Crippen molar-refractivity contribution in [1.82, 2.24) is 0 Å². The Kier molecular flexibility index (Phi) is 4.04. The molecule has 2 nitrogen and oxygen atoms in total. The lowest BCUT2D eigenvalue weighted by Crippen LogP contribution is -2.29. The lowest BCUT2D eigenvalue weighted by molar-refractivity contribution is -0.137. The molecule has 0 radical (unpaired) electrons. The molecule has 0 amide bonds. The summed E-state index contributed by atoms with van der Waals surface area (Å²) < 4.78 is 39.4. The van der Waals surface area contributed by atoms with Crippen molar-refractivity contribution in [2.24, 2.45) is 0 Å². The SMILES string of the molecule is CCCN(c1ccc(CO)cc1C(F)(F)F)C1CC1. The Morgan fingerprint density at radius 1 is 1.32 bits per heavy atom. The first-order valence-electron chi connectivity index (χ1n) is 6.55. The molecule has 1 aliphatic rings. The van der Waals surface area contributed by atoms with Gasteiger partial charge < -0.3 is 10.0 Å². The molecule has 0 atom stereocenters. The van der Waals surface area contributed by atoms with Crippen LogP contribution in [0.25, 0.3) is 0 Å². The second-order valence-corrected chi connectivity index (χ2v) is 4.93. The number of halogens is 3. The van der Waals surface area contributed by atoms with Crippen LogP contribution in [0, 0.1) is 0 Å². The number of rotatable bonds is 5. The number of anilines is 1. The molecule has 1 aromatic rings. The number of hydrogen-bond acceptors (Lipinski definition) is 2. The van der Waals surface area contributed by atoms with Crippen molar-refractivity contribution >= 4 is 5.69 Å². The van der Waals surface area contributed by atoms with Gasteiger partial charge in [0.1, 0.15) is 0 Å². The van der Waals surface area contributed by atoms with Crippen LogP contribution in [0.4, 0.5) is 18.9 Å². The van der Waals surface area contributed by atoms with Crippen LogP contribution in [-0.2, 0) is 12.8 Å². The molecule has 0 aliphatic heterocycles. The lowest BCUT2D eigenvalue weighted by Gasteiger charge is -2.27. The van der Waals surface area contributed by atoms with Crippen LogP contribution in [0.15, 0.2) is 18.2 Å². The molecule has 1 aliphatic carbocycles. The zero-order chi connectivity index (χ0) is 14.0. The van der Waals surface area contributed by atoms with Crippen LogP contribution in [0.5, 0.6) is 0 Å². The van der Waals surface area contributed by atoms with Crippen LogP contribution in [-0.4, -0.2) is 17.7 Å². The summed E-state index contributed by atoms with van der Waals surface area (Å²) in [5.41, 5.74) is -0.100. The number of alkyl halides is 3. The highest BCUT2D eigenvalue weighted by atomic mass is 19.4. The molecule has 1 saturated carbocycles. The Balaban J connectivity index is 2.42. The van der Waals surface area contributed by atoms with Crippen LogP contribution < -0.4 is 4.90 Å². The number of nitrogens with zero attached hydrogens (tertiary/aromatic N) is 1. The average Bonchev–Trinajstić information content (AvgIpc) is 3.18. The lowest BCUT2D eigenvalue weighted by atomic mass is 10.1. The molecule has 19 heavy (non-hydrogen) atoms. The highest BCUT2D eigenvalue weighted by Gasteiger charge is 2.38. The van der Waals surface area contributed by atoms with E-state index in [2.05, 4.69) is 0 Å². The van der Waals surface area contributed by atoms with Crippen molar-refractivity contribution in [3.63, 3.8) is 0 Å². The van der Waals surface area contributed by atoms with E-state index in [1.165, 1.54) is 6.07 Å². The minimum absolute atomic E-state index is 0.237. The van der Waals surface area contributed by atoms with Gasteiger partial charge in [0.05, 0.1) is 12.2 Å². The molecule has 1 N–H and O–H groups in total. The Hall–Kier alpha value is -1.23. The second-order valence-electron chi connectivity index (χ2n) is 4.93. The van der Waals surface area contributed by atoms with Gasteiger partial charge in [0.25, 0.3) is 0 Å². The zero-order valence-electron chi connectivity index (χ0n) is 10.9. The molecule has 1 fully saturated rings. The molecule has 0 bridgehead atoms. The van der Waals surface area contributed by atoms with E-state index in [0.29, 0.717) is 12.1 Å². The molecule has 0 unspecified atom stereocenters. The summed E-state index contributed by atoms with van der Waals surface area (Å²) in [7, 11) is 0. The van der Waals surface area contributed by atoms with E-state index in [1.54, 1.807) is 6.07 Å². The largest absolute Gasteiger partial charge is 0.418 e. The predicted molar refractivity (Wildman–Crippen MR) is 68.0 cm³/mol. The Bertz CT molecular complexity index is 441. The summed E-state index contributed by atoms with van der Waals surface area (Å²) in [6.07, 6.45) is -1.66. The molecular weight excluding hydrogens is 255 g/mol. The van der Waals surface area contributed by atoms with Crippen LogP contribution in [0.2, 0.25) is 0 Å². The third-order valence-electron chi connectivity index (χ3n) is 3.31. The smallest absolute Gasteiger partial charge is 0.392 e. The normalized spacial score (nSPS) is 15.6. The van der Waals surface area contributed by atoms with Gasteiger partial charge >= 0.3 is 6.18 Å². The molecule has 0 heterocycles. The quantitative estimate of drug-likeness (QED) is 0.886. The minimum atomic E-state index is -4.39. The molecule has 5 heteroatoms. The van der Waals surface area contributed by atoms with E-state index < -0.39 is 11.7 Å². The first-order chi connectivity index (χ1) is 8.97. The van der Waals surface area contributed by atoms with E-state index in [4.69, 9.17) is 5.11 Å². The summed E-state index contributed by atoms with van der Waals surface area (Å²) in [5, 5.41) is 9.00.